The van der Waals surface area contributed by atoms with E-state index in [-0.39, 0.29) is 0 Å². The van der Waals surface area contributed by atoms with Crippen LogP contribution in [-0.4, -0.2) is 38.8 Å². The first-order valence-corrected chi connectivity index (χ1v) is 6.39. The van der Waals surface area contributed by atoms with E-state index in [0.717, 1.165) is 37.1 Å². The van der Waals surface area contributed by atoms with Crippen molar-refractivity contribution in [2.75, 3.05) is 38.8 Å². The minimum atomic E-state index is 0.773. The number of aromatic nitrogens is 1. The summed E-state index contributed by atoms with van der Waals surface area (Å²) in [7, 11) is 4.04. The molecular weight excluding hydrogens is 222 g/mol. The van der Waals surface area contributed by atoms with Gasteiger partial charge in [-0.15, -0.1) is 11.3 Å². The largest absolute Gasteiger partial charge is 0.380 e. The van der Waals surface area contributed by atoms with Gasteiger partial charge in [0.05, 0.1) is 12.3 Å². The lowest BCUT2D eigenvalue weighted by atomic mass is 10.4. The van der Waals surface area contributed by atoms with Crippen LogP contribution in [0.2, 0.25) is 0 Å². The first kappa shape index (κ1) is 13.4. The Morgan fingerprint density at radius 3 is 2.75 bits per heavy atom. The molecule has 16 heavy (non-hydrogen) atoms. The van der Waals surface area contributed by atoms with Crippen molar-refractivity contribution in [3.8, 4) is 0 Å². The smallest absolute Gasteiger partial charge is 0.185 e. The second-order valence-electron chi connectivity index (χ2n) is 3.77. The zero-order chi connectivity index (χ0) is 12.0. The Bertz CT molecular complexity index is 312. The standard InChI is InChI=1S/C11H21N3OS/c1-5-15-7-6-12-8-10-9(2)13-11(16-10)14(3)4/h12H,5-8H2,1-4H3. The third-order valence-corrected chi connectivity index (χ3v) is 3.50. The number of anilines is 1. The molecule has 0 atom stereocenters. The summed E-state index contributed by atoms with van der Waals surface area (Å²) >= 11 is 1.74. The topological polar surface area (TPSA) is 37.4 Å². The maximum absolute atomic E-state index is 5.26. The molecule has 0 unspecified atom stereocenters. The van der Waals surface area contributed by atoms with E-state index in [9.17, 15) is 0 Å². The van der Waals surface area contributed by atoms with Crippen molar-refractivity contribution in [1.29, 1.82) is 0 Å². The van der Waals surface area contributed by atoms with Crippen molar-refractivity contribution < 1.29 is 4.74 Å². The molecule has 0 aliphatic rings. The first-order valence-electron chi connectivity index (χ1n) is 5.57. The maximum atomic E-state index is 5.26. The molecule has 0 fully saturated rings. The van der Waals surface area contributed by atoms with Crippen LogP contribution >= 0.6 is 11.3 Å². The van der Waals surface area contributed by atoms with E-state index in [0.29, 0.717) is 0 Å². The van der Waals surface area contributed by atoms with Gasteiger partial charge < -0.3 is 15.0 Å². The summed E-state index contributed by atoms with van der Waals surface area (Å²) in [5, 5.41) is 4.43. The molecule has 0 amide bonds. The molecule has 0 aliphatic carbocycles. The van der Waals surface area contributed by atoms with Gasteiger partial charge in [-0.1, -0.05) is 0 Å². The molecule has 0 bridgehead atoms. The molecular formula is C11H21N3OS. The van der Waals surface area contributed by atoms with Gasteiger partial charge in [-0.25, -0.2) is 4.98 Å². The van der Waals surface area contributed by atoms with Crippen LogP contribution in [0.4, 0.5) is 5.13 Å². The van der Waals surface area contributed by atoms with Crippen LogP contribution in [0.3, 0.4) is 0 Å². The van der Waals surface area contributed by atoms with Crippen LogP contribution in [0.5, 0.6) is 0 Å². The van der Waals surface area contributed by atoms with Crippen molar-refractivity contribution in [2.24, 2.45) is 0 Å². The van der Waals surface area contributed by atoms with E-state index in [4.69, 9.17) is 4.74 Å². The molecule has 0 spiro atoms. The lowest BCUT2D eigenvalue weighted by molar-refractivity contribution is 0.149. The van der Waals surface area contributed by atoms with E-state index in [1.54, 1.807) is 11.3 Å². The van der Waals surface area contributed by atoms with Crippen molar-refractivity contribution >= 4 is 16.5 Å². The van der Waals surface area contributed by atoms with Crippen molar-refractivity contribution in [3.63, 3.8) is 0 Å². The minimum absolute atomic E-state index is 0.773. The molecule has 0 aromatic carbocycles. The highest BCUT2D eigenvalue weighted by atomic mass is 32.1. The van der Waals surface area contributed by atoms with Crippen molar-refractivity contribution in [2.45, 2.75) is 20.4 Å². The quantitative estimate of drug-likeness (QED) is 0.739. The Labute approximate surface area is 102 Å². The first-order chi connectivity index (χ1) is 7.65. The van der Waals surface area contributed by atoms with Crippen LogP contribution in [0.1, 0.15) is 17.5 Å². The highest BCUT2D eigenvalue weighted by molar-refractivity contribution is 7.15. The van der Waals surface area contributed by atoms with Gasteiger partial charge in [0.2, 0.25) is 0 Å². The third kappa shape index (κ3) is 4.08. The maximum Gasteiger partial charge on any atom is 0.185 e. The Kier molecular flexibility index (Phi) is 5.73. The fourth-order valence-electron chi connectivity index (χ4n) is 1.26. The summed E-state index contributed by atoms with van der Waals surface area (Å²) in [6.45, 7) is 7.40. The molecule has 1 aromatic rings. The SMILES string of the molecule is CCOCCNCc1sc(N(C)C)nc1C. The number of rotatable bonds is 7. The molecule has 5 heteroatoms. The second kappa shape index (κ2) is 6.83. The Hall–Kier alpha value is -0.650. The molecule has 0 aliphatic heterocycles. The number of aryl methyl sites for hydroxylation is 1. The molecule has 1 heterocycles. The number of ether oxygens (including phenoxy) is 1. The van der Waals surface area contributed by atoms with Crippen LogP contribution in [-0.2, 0) is 11.3 Å². The van der Waals surface area contributed by atoms with E-state index < -0.39 is 0 Å². The molecule has 4 nitrogen and oxygen atoms in total. The number of nitrogens with zero attached hydrogens (tertiary/aromatic N) is 2. The average molecular weight is 243 g/mol. The second-order valence-corrected chi connectivity index (χ2v) is 4.84. The van der Waals surface area contributed by atoms with E-state index in [1.807, 2.05) is 25.9 Å². The molecule has 0 saturated carbocycles. The van der Waals surface area contributed by atoms with Gasteiger partial charge in [-0.3, -0.25) is 0 Å². The predicted molar refractivity (Wildman–Crippen MR) is 69.4 cm³/mol. The average Bonchev–Trinajstić information content (AvgIpc) is 2.60. The van der Waals surface area contributed by atoms with E-state index in [1.165, 1.54) is 4.88 Å². The summed E-state index contributed by atoms with van der Waals surface area (Å²) in [5.74, 6) is 0. The Morgan fingerprint density at radius 1 is 1.44 bits per heavy atom. The number of nitrogens with one attached hydrogen (secondary N) is 1. The molecule has 0 radical (unpaired) electrons. The summed E-state index contributed by atoms with van der Waals surface area (Å²) in [6.07, 6.45) is 0. The molecule has 1 N–H and O–H groups in total. The van der Waals surface area contributed by atoms with Crippen LogP contribution < -0.4 is 10.2 Å². The molecule has 1 rings (SSSR count). The Morgan fingerprint density at radius 2 is 2.19 bits per heavy atom. The molecule has 1 aromatic heterocycles. The van der Waals surface area contributed by atoms with Gasteiger partial charge in [0.15, 0.2) is 5.13 Å². The minimum Gasteiger partial charge on any atom is -0.380 e. The van der Waals surface area contributed by atoms with Gasteiger partial charge in [0.1, 0.15) is 0 Å². The monoisotopic (exact) mass is 243 g/mol. The summed E-state index contributed by atoms with van der Waals surface area (Å²) in [4.78, 5) is 7.85. The zero-order valence-electron chi connectivity index (χ0n) is 10.5. The van der Waals surface area contributed by atoms with Gasteiger partial charge in [-0.05, 0) is 13.8 Å². The van der Waals surface area contributed by atoms with Gasteiger partial charge in [0, 0.05) is 38.7 Å². The summed E-state index contributed by atoms with van der Waals surface area (Å²) < 4.78 is 5.26. The molecule has 92 valence electrons. The van der Waals surface area contributed by atoms with Crippen molar-refractivity contribution in [3.05, 3.63) is 10.6 Å². The fraction of sp³-hybridized carbons (Fsp3) is 0.727. The van der Waals surface area contributed by atoms with Gasteiger partial charge in [-0.2, -0.15) is 0 Å². The third-order valence-electron chi connectivity index (χ3n) is 2.18. The Balaban J connectivity index is 2.36. The predicted octanol–water partition coefficient (Wildman–Crippen LogP) is 1.64. The normalized spacial score (nSPS) is 10.8. The van der Waals surface area contributed by atoms with Crippen LogP contribution in [0, 0.1) is 6.92 Å². The summed E-state index contributed by atoms with van der Waals surface area (Å²) in [6, 6.07) is 0. The van der Waals surface area contributed by atoms with Gasteiger partial charge >= 0.3 is 0 Å². The fourth-order valence-corrected chi connectivity index (χ4v) is 2.21. The van der Waals surface area contributed by atoms with Crippen LogP contribution in [0.15, 0.2) is 0 Å². The van der Waals surface area contributed by atoms with E-state index >= 15 is 0 Å². The lowest BCUT2D eigenvalue weighted by Crippen LogP contribution is -2.19. The van der Waals surface area contributed by atoms with Crippen molar-refractivity contribution in [1.82, 2.24) is 10.3 Å². The lowest BCUT2D eigenvalue weighted by Gasteiger charge is -2.05. The van der Waals surface area contributed by atoms with E-state index in [2.05, 4.69) is 17.2 Å². The highest BCUT2D eigenvalue weighted by Crippen LogP contribution is 2.23. The van der Waals surface area contributed by atoms with Gasteiger partial charge in [0.25, 0.3) is 0 Å². The molecule has 0 saturated heterocycles. The summed E-state index contributed by atoms with van der Waals surface area (Å²) in [5.41, 5.74) is 1.12. The van der Waals surface area contributed by atoms with Crippen LogP contribution in [0.25, 0.3) is 0 Å². The number of thiazole rings is 1. The number of hydrogen-bond donors (Lipinski definition) is 1. The number of hydrogen-bond acceptors (Lipinski definition) is 5. The highest BCUT2D eigenvalue weighted by Gasteiger charge is 2.07. The zero-order valence-corrected chi connectivity index (χ0v) is 11.4.